The number of carbonyl (C=O) groups is 3. The predicted octanol–water partition coefficient (Wildman–Crippen LogP) is -2.15. The monoisotopic (exact) mass is 187 g/mol. The lowest BCUT2D eigenvalue weighted by Gasteiger charge is -2.16. The molecule has 74 valence electrons. The van der Waals surface area contributed by atoms with Crippen molar-refractivity contribution in [3.63, 3.8) is 0 Å². The van der Waals surface area contributed by atoms with Crippen LogP contribution in [0.2, 0.25) is 0 Å². The summed E-state index contributed by atoms with van der Waals surface area (Å²) in [7, 11) is 0. The molecule has 13 heavy (non-hydrogen) atoms. The summed E-state index contributed by atoms with van der Waals surface area (Å²) in [5, 5.41) is 0. The first-order chi connectivity index (χ1) is 5.91. The molecule has 0 spiro atoms. The lowest BCUT2D eigenvalue weighted by atomic mass is 10.3. The van der Waals surface area contributed by atoms with Crippen LogP contribution in [0.3, 0.4) is 0 Å². The number of primary amides is 2. The van der Waals surface area contributed by atoms with Gasteiger partial charge in [-0.2, -0.15) is 0 Å². The van der Waals surface area contributed by atoms with Crippen molar-refractivity contribution in [3.05, 3.63) is 0 Å². The minimum absolute atomic E-state index is 0.00583. The van der Waals surface area contributed by atoms with Crippen LogP contribution >= 0.6 is 0 Å². The number of nitrogens with zero attached hydrogens (tertiary/aromatic N) is 1. The average Bonchev–Trinajstić information content (AvgIpc) is 1.80. The summed E-state index contributed by atoms with van der Waals surface area (Å²) >= 11 is 0. The molecule has 0 rings (SSSR count). The lowest BCUT2D eigenvalue weighted by molar-refractivity contribution is -0.123. The molecule has 2 amide bonds. The van der Waals surface area contributed by atoms with E-state index in [4.69, 9.17) is 11.5 Å². The fourth-order valence-corrected chi connectivity index (χ4v) is 0.923. The fourth-order valence-electron chi connectivity index (χ4n) is 0.923. The number of amides is 2. The van der Waals surface area contributed by atoms with E-state index >= 15 is 0 Å². The van der Waals surface area contributed by atoms with Gasteiger partial charge in [-0.05, 0) is 6.92 Å². The number of rotatable bonds is 6. The maximum absolute atomic E-state index is 10.7. The van der Waals surface area contributed by atoms with E-state index in [1.54, 1.807) is 0 Å². The van der Waals surface area contributed by atoms with Crippen LogP contribution in [0, 0.1) is 0 Å². The van der Waals surface area contributed by atoms with Crippen molar-refractivity contribution in [2.24, 2.45) is 11.5 Å². The van der Waals surface area contributed by atoms with E-state index in [9.17, 15) is 14.4 Å². The molecule has 6 nitrogen and oxygen atoms in total. The minimum atomic E-state index is -0.595. The van der Waals surface area contributed by atoms with E-state index in [-0.39, 0.29) is 25.4 Å². The lowest BCUT2D eigenvalue weighted by Crippen LogP contribution is -2.41. The molecule has 0 aromatic rings. The van der Waals surface area contributed by atoms with Crippen LogP contribution in [0.25, 0.3) is 0 Å². The van der Waals surface area contributed by atoms with Crippen LogP contribution in [0.4, 0.5) is 0 Å². The Morgan fingerprint density at radius 2 is 1.38 bits per heavy atom. The summed E-state index contributed by atoms with van der Waals surface area (Å²) in [4.78, 5) is 32.9. The smallest absolute Gasteiger partial charge is 0.231 e. The van der Waals surface area contributed by atoms with Crippen molar-refractivity contribution in [1.29, 1.82) is 0 Å². The molecule has 0 saturated heterocycles. The van der Waals surface area contributed by atoms with Gasteiger partial charge in [0.25, 0.3) is 0 Å². The number of hydrogen-bond acceptors (Lipinski definition) is 4. The van der Waals surface area contributed by atoms with Gasteiger partial charge in [0.05, 0.1) is 19.6 Å². The molecule has 0 atom stereocenters. The summed E-state index contributed by atoms with van der Waals surface area (Å²) in [5.74, 6) is -1.34. The SMILES string of the molecule is CC(=O)CN(CC(N)=O)CC(N)=O. The van der Waals surface area contributed by atoms with Crippen LogP contribution < -0.4 is 11.5 Å². The van der Waals surface area contributed by atoms with Crippen molar-refractivity contribution in [2.75, 3.05) is 19.6 Å². The zero-order valence-electron chi connectivity index (χ0n) is 7.45. The van der Waals surface area contributed by atoms with Gasteiger partial charge in [-0.25, -0.2) is 0 Å². The molecule has 0 unspecified atom stereocenters. The van der Waals surface area contributed by atoms with E-state index in [2.05, 4.69) is 0 Å². The highest BCUT2D eigenvalue weighted by Crippen LogP contribution is 1.87. The summed E-state index contributed by atoms with van der Waals surface area (Å²) in [5.41, 5.74) is 9.80. The molecule has 0 heterocycles. The predicted molar refractivity (Wildman–Crippen MR) is 45.5 cm³/mol. The molecule has 0 aliphatic rings. The first kappa shape index (κ1) is 11.6. The number of hydrogen-bond donors (Lipinski definition) is 2. The van der Waals surface area contributed by atoms with Crippen LogP contribution in [-0.2, 0) is 14.4 Å². The highest BCUT2D eigenvalue weighted by Gasteiger charge is 2.12. The van der Waals surface area contributed by atoms with Gasteiger partial charge in [0.15, 0.2) is 0 Å². The Kier molecular flexibility index (Phi) is 4.68. The fraction of sp³-hybridized carbons (Fsp3) is 0.571. The average molecular weight is 187 g/mol. The van der Waals surface area contributed by atoms with Gasteiger partial charge in [0.2, 0.25) is 11.8 Å². The standard InChI is InChI=1S/C7H13N3O3/c1-5(11)2-10(3-6(8)12)4-7(9)13/h2-4H2,1H3,(H2,8,12)(H2,9,13). The summed E-state index contributed by atoms with van der Waals surface area (Å²) in [6, 6.07) is 0. The zero-order chi connectivity index (χ0) is 10.4. The summed E-state index contributed by atoms with van der Waals surface area (Å²) in [6.07, 6.45) is 0. The van der Waals surface area contributed by atoms with Crippen molar-refractivity contribution in [3.8, 4) is 0 Å². The Morgan fingerprint density at radius 1 is 1.00 bits per heavy atom. The number of nitrogens with two attached hydrogens (primary N) is 2. The largest absolute Gasteiger partial charge is 0.369 e. The third-order valence-corrected chi connectivity index (χ3v) is 1.21. The Bertz CT molecular complexity index is 189. The van der Waals surface area contributed by atoms with E-state index in [0.717, 1.165) is 0 Å². The molecule has 0 saturated carbocycles. The zero-order valence-corrected chi connectivity index (χ0v) is 7.45. The quantitative estimate of drug-likeness (QED) is 0.494. The second-order valence-corrected chi connectivity index (χ2v) is 2.78. The van der Waals surface area contributed by atoms with Gasteiger partial charge < -0.3 is 11.5 Å². The molecule has 0 aromatic carbocycles. The summed E-state index contributed by atoms with van der Waals surface area (Å²) < 4.78 is 0. The van der Waals surface area contributed by atoms with Crippen LogP contribution in [0.5, 0.6) is 0 Å². The van der Waals surface area contributed by atoms with Gasteiger partial charge in [-0.1, -0.05) is 0 Å². The molecule has 0 bridgehead atoms. The van der Waals surface area contributed by atoms with Gasteiger partial charge in [0, 0.05) is 0 Å². The number of ketones is 1. The minimum Gasteiger partial charge on any atom is -0.369 e. The Hall–Kier alpha value is -1.43. The van der Waals surface area contributed by atoms with Crippen LogP contribution in [0.1, 0.15) is 6.92 Å². The highest BCUT2D eigenvalue weighted by atomic mass is 16.2. The second kappa shape index (κ2) is 5.26. The van der Waals surface area contributed by atoms with Gasteiger partial charge in [-0.3, -0.25) is 19.3 Å². The van der Waals surface area contributed by atoms with E-state index in [0.29, 0.717) is 0 Å². The number of carbonyl (C=O) groups excluding carboxylic acids is 3. The molecule has 0 fully saturated rings. The molecule has 0 aromatic heterocycles. The third kappa shape index (κ3) is 6.95. The first-order valence-electron chi connectivity index (χ1n) is 3.70. The maximum Gasteiger partial charge on any atom is 0.231 e. The van der Waals surface area contributed by atoms with Crippen molar-refractivity contribution in [2.45, 2.75) is 6.92 Å². The van der Waals surface area contributed by atoms with Crippen LogP contribution in [0.15, 0.2) is 0 Å². The molecular formula is C7H13N3O3. The molecule has 0 aliphatic carbocycles. The second-order valence-electron chi connectivity index (χ2n) is 2.78. The molecule has 6 heteroatoms. The van der Waals surface area contributed by atoms with Crippen molar-refractivity contribution < 1.29 is 14.4 Å². The van der Waals surface area contributed by atoms with E-state index < -0.39 is 11.8 Å². The van der Waals surface area contributed by atoms with E-state index in [1.165, 1.54) is 11.8 Å². The highest BCUT2D eigenvalue weighted by molar-refractivity contribution is 5.82. The normalized spacial score (nSPS) is 10.0. The van der Waals surface area contributed by atoms with E-state index in [1.807, 2.05) is 0 Å². The maximum atomic E-state index is 10.7. The first-order valence-corrected chi connectivity index (χ1v) is 3.70. The van der Waals surface area contributed by atoms with Gasteiger partial charge in [0.1, 0.15) is 5.78 Å². The third-order valence-electron chi connectivity index (χ3n) is 1.21. The van der Waals surface area contributed by atoms with Crippen molar-refractivity contribution in [1.82, 2.24) is 4.90 Å². The molecule has 0 radical (unpaired) electrons. The Morgan fingerprint density at radius 3 is 1.62 bits per heavy atom. The molecule has 0 aliphatic heterocycles. The van der Waals surface area contributed by atoms with Gasteiger partial charge in [-0.15, -0.1) is 0 Å². The Labute approximate surface area is 75.9 Å². The van der Waals surface area contributed by atoms with Crippen LogP contribution in [-0.4, -0.2) is 42.1 Å². The van der Waals surface area contributed by atoms with Gasteiger partial charge >= 0.3 is 0 Å². The summed E-state index contributed by atoms with van der Waals surface area (Å²) in [6.45, 7) is 1.09. The Balaban J connectivity index is 4.10. The number of Topliss-reactive ketones (excluding diaryl/α,β-unsaturated/α-hetero) is 1. The topological polar surface area (TPSA) is 106 Å². The molecular weight excluding hydrogens is 174 g/mol. The van der Waals surface area contributed by atoms with Crippen molar-refractivity contribution >= 4 is 17.6 Å². The molecule has 4 N–H and O–H groups in total.